The first-order chi connectivity index (χ1) is 14.1. The summed E-state index contributed by atoms with van der Waals surface area (Å²) in [5.74, 6) is 0. The van der Waals surface area contributed by atoms with E-state index < -0.39 is 30.4 Å². The zero-order valence-electron chi connectivity index (χ0n) is 18.4. The number of hydrogen-bond donors (Lipinski definition) is 1. The molecule has 1 aromatic carbocycles. The molecule has 1 N–H and O–H groups in total. The summed E-state index contributed by atoms with van der Waals surface area (Å²) in [5.41, 5.74) is 3.48. The van der Waals surface area contributed by atoms with E-state index in [0.717, 1.165) is 10.6 Å². The van der Waals surface area contributed by atoms with E-state index >= 15 is 0 Å². The summed E-state index contributed by atoms with van der Waals surface area (Å²) in [4.78, 5) is 40.7. The van der Waals surface area contributed by atoms with Crippen LogP contribution in [-0.2, 0) is 20.8 Å². The van der Waals surface area contributed by atoms with Crippen LogP contribution in [0, 0.1) is 0 Å². The highest BCUT2D eigenvalue weighted by Gasteiger charge is 2.30. The summed E-state index contributed by atoms with van der Waals surface area (Å²) in [6.45, 7) is 10.2. The van der Waals surface area contributed by atoms with Crippen LogP contribution in [0.1, 0.15) is 53.5 Å². The van der Waals surface area contributed by atoms with Crippen molar-refractivity contribution in [3.8, 4) is 0 Å². The summed E-state index contributed by atoms with van der Waals surface area (Å²) < 4.78 is 15.4. The number of hydrogen-bond acceptors (Lipinski definition) is 6. The van der Waals surface area contributed by atoms with E-state index in [9.17, 15) is 14.4 Å². The minimum absolute atomic E-state index is 0.0747. The second-order valence-corrected chi connectivity index (χ2v) is 7.09. The maximum absolute atomic E-state index is 12.5. The smallest absolute Gasteiger partial charge is 0.433 e. The van der Waals surface area contributed by atoms with Crippen molar-refractivity contribution < 1.29 is 28.6 Å². The Hall–Kier alpha value is -3.10. The van der Waals surface area contributed by atoms with E-state index in [1.165, 1.54) is 0 Å². The topological polar surface area (TPSA) is 107 Å². The fraction of sp³-hybridized carbons (Fsp3) is 0.524. The van der Waals surface area contributed by atoms with Crippen LogP contribution in [0.2, 0.25) is 0 Å². The van der Waals surface area contributed by atoms with Crippen molar-refractivity contribution in [2.24, 2.45) is 4.99 Å². The number of hydrazine groups is 1. The van der Waals surface area contributed by atoms with Crippen molar-refractivity contribution in [1.82, 2.24) is 10.4 Å². The summed E-state index contributed by atoms with van der Waals surface area (Å²) >= 11 is 0. The minimum atomic E-state index is -0.816. The van der Waals surface area contributed by atoms with E-state index in [1.807, 2.05) is 30.3 Å². The molecule has 0 aliphatic rings. The molecule has 9 heteroatoms. The van der Waals surface area contributed by atoms with Crippen LogP contribution < -0.4 is 5.43 Å². The summed E-state index contributed by atoms with van der Waals surface area (Å²) in [5, 5.41) is 0.980. The van der Waals surface area contributed by atoms with Crippen LogP contribution in [0.25, 0.3) is 0 Å². The van der Waals surface area contributed by atoms with Gasteiger partial charge < -0.3 is 14.2 Å². The number of benzene rings is 1. The van der Waals surface area contributed by atoms with Crippen LogP contribution in [-0.4, -0.2) is 47.3 Å². The molecule has 1 rings (SSSR count). The third-order valence-corrected chi connectivity index (χ3v) is 3.74. The number of carbonyl (C=O) groups is 3. The van der Waals surface area contributed by atoms with E-state index in [-0.39, 0.29) is 18.4 Å². The zero-order chi connectivity index (χ0) is 22.7. The van der Waals surface area contributed by atoms with E-state index in [1.54, 1.807) is 41.5 Å². The molecule has 0 heterocycles. The number of aliphatic imine (C=N–C) groups is 1. The SMILES string of the molecule is CC[C@H](/C(C)=N/C(=O)OCc1ccccc1)N(NC(=O)OC(C)C)C(=O)OC(C)C. The molecule has 0 radical (unpaired) electrons. The minimum Gasteiger partial charge on any atom is -0.446 e. The van der Waals surface area contributed by atoms with Gasteiger partial charge in [0.1, 0.15) is 6.61 Å². The predicted octanol–water partition coefficient (Wildman–Crippen LogP) is 4.46. The molecule has 0 aromatic heterocycles. The third kappa shape index (κ3) is 8.93. The third-order valence-electron chi connectivity index (χ3n) is 3.74. The second kappa shape index (κ2) is 12.5. The molecule has 0 bridgehead atoms. The van der Waals surface area contributed by atoms with Gasteiger partial charge in [-0.25, -0.2) is 24.8 Å². The van der Waals surface area contributed by atoms with E-state index in [4.69, 9.17) is 14.2 Å². The Bertz CT molecular complexity index is 734. The average molecular weight is 421 g/mol. The average Bonchev–Trinajstić information content (AvgIpc) is 2.65. The first-order valence-electron chi connectivity index (χ1n) is 9.87. The van der Waals surface area contributed by atoms with Gasteiger partial charge in [0.05, 0.1) is 18.2 Å². The van der Waals surface area contributed by atoms with Gasteiger partial charge in [-0.2, -0.15) is 4.99 Å². The number of amides is 3. The lowest BCUT2D eigenvalue weighted by Gasteiger charge is -2.30. The van der Waals surface area contributed by atoms with Crippen LogP contribution in [0.15, 0.2) is 35.3 Å². The quantitative estimate of drug-likeness (QED) is 0.396. The Balaban J connectivity index is 2.93. The summed E-state index contributed by atoms with van der Waals surface area (Å²) in [6.07, 6.45) is -2.83. The van der Waals surface area contributed by atoms with Crippen molar-refractivity contribution in [3.05, 3.63) is 35.9 Å². The first-order valence-corrected chi connectivity index (χ1v) is 9.87. The van der Waals surface area contributed by atoms with E-state index in [2.05, 4.69) is 10.4 Å². The maximum atomic E-state index is 12.5. The molecule has 166 valence electrons. The van der Waals surface area contributed by atoms with Gasteiger partial charge in [0.15, 0.2) is 0 Å². The highest BCUT2D eigenvalue weighted by molar-refractivity contribution is 5.97. The van der Waals surface area contributed by atoms with Crippen molar-refractivity contribution in [1.29, 1.82) is 0 Å². The number of rotatable bonds is 7. The lowest BCUT2D eigenvalue weighted by molar-refractivity contribution is 0.0400. The van der Waals surface area contributed by atoms with Gasteiger partial charge in [0, 0.05) is 5.71 Å². The Morgan fingerprint density at radius 3 is 2.17 bits per heavy atom. The molecule has 0 spiro atoms. The van der Waals surface area contributed by atoms with Gasteiger partial charge >= 0.3 is 18.3 Å². The van der Waals surface area contributed by atoms with Gasteiger partial charge in [-0.05, 0) is 46.6 Å². The number of nitrogens with zero attached hydrogens (tertiary/aromatic N) is 2. The van der Waals surface area contributed by atoms with Gasteiger partial charge in [-0.1, -0.05) is 37.3 Å². The Morgan fingerprint density at radius 2 is 1.63 bits per heavy atom. The fourth-order valence-corrected chi connectivity index (χ4v) is 2.48. The molecule has 0 aliphatic carbocycles. The molecule has 0 aliphatic heterocycles. The standard InChI is InChI=1S/C21H31N3O6/c1-7-18(16(6)22-19(25)28-13-17-11-9-8-10-12-17)24(21(27)30-15(4)5)23-20(26)29-14(2)3/h8-12,14-15,18H,7,13H2,1-6H3,(H,23,26)/b22-16+/t18-/m1/s1. The predicted molar refractivity (Wildman–Crippen MR) is 112 cm³/mol. The van der Waals surface area contributed by atoms with Crippen LogP contribution in [0.5, 0.6) is 0 Å². The summed E-state index contributed by atoms with van der Waals surface area (Å²) in [6, 6.07) is 8.46. The Labute approximate surface area is 177 Å². The molecular formula is C21H31N3O6. The van der Waals surface area contributed by atoms with Crippen molar-refractivity contribution >= 4 is 24.0 Å². The van der Waals surface area contributed by atoms with Crippen LogP contribution in [0.4, 0.5) is 14.4 Å². The maximum Gasteiger partial charge on any atom is 0.433 e. The monoisotopic (exact) mass is 421 g/mol. The van der Waals surface area contributed by atoms with Crippen molar-refractivity contribution in [3.63, 3.8) is 0 Å². The highest BCUT2D eigenvalue weighted by Crippen LogP contribution is 2.10. The van der Waals surface area contributed by atoms with Crippen molar-refractivity contribution in [2.75, 3.05) is 0 Å². The molecule has 0 unspecified atom stereocenters. The van der Waals surface area contributed by atoms with Crippen LogP contribution >= 0.6 is 0 Å². The molecular weight excluding hydrogens is 390 g/mol. The number of nitrogens with one attached hydrogen (secondary N) is 1. The van der Waals surface area contributed by atoms with Crippen molar-refractivity contribution in [2.45, 2.75) is 72.8 Å². The largest absolute Gasteiger partial charge is 0.446 e. The van der Waals surface area contributed by atoms with Gasteiger partial charge in [-0.3, -0.25) is 0 Å². The normalized spacial score (nSPS) is 12.3. The molecule has 9 nitrogen and oxygen atoms in total. The zero-order valence-corrected chi connectivity index (χ0v) is 18.4. The molecule has 30 heavy (non-hydrogen) atoms. The molecule has 0 fully saturated rings. The fourth-order valence-electron chi connectivity index (χ4n) is 2.48. The molecule has 1 atom stereocenters. The second-order valence-electron chi connectivity index (χ2n) is 7.09. The van der Waals surface area contributed by atoms with E-state index in [0.29, 0.717) is 6.42 Å². The highest BCUT2D eigenvalue weighted by atomic mass is 16.6. The van der Waals surface area contributed by atoms with Gasteiger partial charge in [0.25, 0.3) is 0 Å². The van der Waals surface area contributed by atoms with Gasteiger partial charge in [0.2, 0.25) is 0 Å². The Morgan fingerprint density at radius 1 is 1.03 bits per heavy atom. The van der Waals surface area contributed by atoms with Crippen LogP contribution in [0.3, 0.4) is 0 Å². The summed E-state index contributed by atoms with van der Waals surface area (Å²) in [7, 11) is 0. The lowest BCUT2D eigenvalue weighted by atomic mass is 10.1. The number of ether oxygens (including phenoxy) is 3. The first kappa shape index (κ1) is 24.9. The molecule has 1 aromatic rings. The molecule has 0 saturated heterocycles. The number of carbonyl (C=O) groups excluding carboxylic acids is 3. The molecule has 0 saturated carbocycles. The Kier molecular flexibility index (Phi) is 10.4. The lowest BCUT2D eigenvalue weighted by Crippen LogP contribution is -2.55. The van der Waals surface area contributed by atoms with Gasteiger partial charge in [-0.15, -0.1) is 0 Å². The molecule has 3 amide bonds.